The highest BCUT2D eigenvalue weighted by Gasteiger charge is 2.27. The summed E-state index contributed by atoms with van der Waals surface area (Å²) in [6.45, 7) is 2.40. The fourth-order valence-electron chi connectivity index (χ4n) is 3.14. The highest BCUT2D eigenvalue weighted by molar-refractivity contribution is 5.92. The van der Waals surface area contributed by atoms with E-state index < -0.39 is 0 Å². The molecule has 0 radical (unpaired) electrons. The number of para-hydroxylation sites is 1. The first-order valence-electron chi connectivity index (χ1n) is 7.96. The van der Waals surface area contributed by atoms with Gasteiger partial charge in [0, 0.05) is 5.56 Å². The molecule has 7 heteroatoms. The Kier molecular flexibility index (Phi) is 3.70. The molecule has 1 fully saturated rings. The third kappa shape index (κ3) is 2.79. The molecule has 0 aliphatic carbocycles. The zero-order valence-electron chi connectivity index (χ0n) is 12.7. The lowest BCUT2D eigenvalue weighted by Crippen LogP contribution is -2.30. The van der Waals surface area contributed by atoms with Gasteiger partial charge in [-0.3, -0.25) is 4.79 Å². The fourth-order valence-corrected chi connectivity index (χ4v) is 3.14. The largest absolute Gasteiger partial charge is 0.491 e. The maximum Gasteiger partial charge on any atom is 0.274 e. The van der Waals surface area contributed by atoms with Crippen molar-refractivity contribution in [1.82, 2.24) is 25.6 Å². The van der Waals surface area contributed by atoms with E-state index in [0.717, 1.165) is 37.2 Å². The van der Waals surface area contributed by atoms with Gasteiger partial charge in [-0.05, 0) is 32.0 Å². The minimum Gasteiger partial charge on any atom is -0.491 e. The maximum absolute atomic E-state index is 12.4. The Balaban J connectivity index is 1.45. The van der Waals surface area contributed by atoms with Crippen LogP contribution < -0.4 is 15.4 Å². The van der Waals surface area contributed by atoms with Gasteiger partial charge in [0.15, 0.2) is 5.69 Å². The monoisotopic (exact) mass is 313 g/mol. The molecule has 1 saturated heterocycles. The Morgan fingerprint density at radius 1 is 1.30 bits per heavy atom. The van der Waals surface area contributed by atoms with Crippen molar-refractivity contribution in [3.05, 3.63) is 41.7 Å². The predicted molar refractivity (Wildman–Crippen MR) is 83.3 cm³/mol. The molecule has 0 spiro atoms. The van der Waals surface area contributed by atoms with Crippen LogP contribution in [0.3, 0.4) is 0 Å². The smallest absolute Gasteiger partial charge is 0.274 e. The lowest BCUT2D eigenvalue weighted by atomic mass is 10.1. The second-order valence-corrected chi connectivity index (χ2v) is 5.94. The molecular weight excluding hydrogens is 294 g/mol. The predicted octanol–water partition coefficient (Wildman–Crippen LogP) is 1.07. The molecule has 7 nitrogen and oxygen atoms in total. The molecule has 2 aromatic rings. The molecule has 2 aliphatic heterocycles. The summed E-state index contributed by atoms with van der Waals surface area (Å²) in [5.74, 6) is 0.617. The van der Waals surface area contributed by atoms with E-state index in [9.17, 15) is 4.79 Å². The average molecular weight is 313 g/mol. The van der Waals surface area contributed by atoms with Crippen LogP contribution in [0.15, 0.2) is 30.5 Å². The van der Waals surface area contributed by atoms with E-state index in [-0.39, 0.29) is 11.9 Å². The molecule has 3 heterocycles. The Morgan fingerprint density at radius 3 is 3.00 bits per heavy atom. The van der Waals surface area contributed by atoms with Gasteiger partial charge in [0.25, 0.3) is 5.91 Å². The summed E-state index contributed by atoms with van der Waals surface area (Å²) in [5, 5.41) is 14.4. The van der Waals surface area contributed by atoms with Gasteiger partial charge in [-0.25, -0.2) is 4.68 Å². The first-order valence-corrected chi connectivity index (χ1v) is 7.96. The van der Waals surface area contributed by atoms with E-state index in [0.29, 0.717) is 18.3 Å². The fraction of sp³-hybridized carbons (Fsp3) is 0.438. The number of fused-ring (bicyclic) bond motifs is 1. The van der Waals surface area contributed by atoms with Crippen LogP contribution in [0, 0.1) is 0 Å². The summed E-state index contributed by atoms with van der Waals surface area (Å²) >= 11 is 0. The first kappa shape index (κ1) is 14.2. The van der Waals surface area contributed by atoms with Gasteiger partial charge in [0.1, 0.15) is 12.4 Å². The van der Waals surface area contributed by atoms with E-state index in [1.165, 1.54) is 0 Å². The Hall–Kier alpha value is -2.41. The number of carbonyl (C=O) groups is 1. The summed E-state index contributed by atoms with van der Waals surface area (Å²) < 4.78 is 7.40. The summed E-state index contributed by atoms with van der Waals surface area (Å²) in [4.78, 5) is 12.4. The zero-order valence-corrected chi connectivity index (χ0v) is 12.7. The molecule has 120 valence electrons. The van der Waals surface area contributed by atoms with Crippen molar-refractivity contribution in [1.29, 1.82) is 0 Å². The number of amides is 1. The van der Waals surface area contributed by atoms with Crippen molar-refractivity contribution >= 4 is 5.91 Å². The maximum atomic E-state index is 12.4. The number of ether oxygens (including phenoxy) is 1. The second-order valence-electron chi connectivity index (χ2n) is 5.94. The van der Waals surface area contributed by atoms with E-state index in [2.05, 4.69) is 20.9 Å². The molecule has 2 N–H and O–H groups in total. The van der Waals surface area contributed by atoms with Gasteiger partial charge in [-0.15, -0.1) is 5.10 Å². The van der Waals surface area contributed by atoms with E-state index in [4.69, 9.17) is 4.74 Å². The van der Waals surface area contributed by atoms with Crippen LogP contribution in [-0.4, -0.2) is 40.6 Å². The average Bonchev–Trinajstić information content (AvgIpc) is 3.24. The van der Waals surface area contributed by atoms with Crippen LogP contribution in [0.2, 0.25) is 0 Å². The highest BCUT2D eigenvalue weighted by Crippen LogP contribution is 2.31. The number of hydrogen-bond donors (Lipinski definition) is 2. The zero-order chi connectivity index (χ0) is 15.6. The van der Waals surface area contributed by atoms with Crippen LogP contribution in [-0.2, 0) is 0 Å². The van der Waals surface area contributed by atoms with Crippen LogP contribution in [0.4, 0.5) is 0 Å². The van der Waals surface area contributed by atoms with E-state index in [1.54, 1.807) is 6.20 Å². The SMILES string of the molecule is O=C(NC1COc2ccccc21)c1cn(C2CCNCC2)nn1. The first-order chi connectivity index (χ1) is 11.3. The molecule has 1 unspecified atom stereocenters. The van der Waals surface area contributed by atoms with Crippen LogP contribution >= 0.6 is 0 Å². The minimum absolute atomic E-state index is 0.136. The van der Waals surface area contributed by atoms with Crippen LogP contribution in [0.25, 0.3) is 0 Å². The number of aromatic nitrogens is 3. The lowest BCUT2D eigenvalue weighted by Gasteiger charge is -2.22. The quantitative estimate of drug-likeness (QED) is 0.886. The van der Waals surface area contributed by atoms with Gasteiger partial charge in [0.05, 0.1) is 18.3 Å². The van der Waals surface area contributed by atoms with E-state index >= 15 is 0 Å². The minimum atomic E-state index is -0.213. The molecule has 1 atom stereocenters. The van der Waals surface area contributed by atoms with Crippen molar-refractivity contribution < 1.29 is 9.53 Å². The topological polar surface area (TPSA) is 81.1 Å². The Morgan fingerprint density at radius 2 is 2.13 bits per heavy atom. The summed E-state index contributed by atoms with van der Waals surface area (Å²) in [5.41, 5.74) is 1.36. The van der Waals surface area contributed by atoms with Crippen LogP contribution in [0.5, 0.6) is 5.75 Å². The third-order valence-electron chi connectivity index (χ3n) is 4.43. The van der Waals surface area contributed by atoms with Gasteiger partial charge in [-0.2, -0.15) is 0 Å². The van der Waals surface area contributed by atoms with Crippen molar-refractivity contribution in [3.8, 4) is 5.75 Å². The van der Waals surface area contributed by atoms with Gasteiger partial charge >= 0.3 is 0 Å². The lowest BCUT2D eigenvalue weighted by molar-refractivity contribution is 0.0925. The number of nitrogens with zero attached hydrogens (tertiary/aromatic N) is 3. The van der Waals surface area contributed by atoms with Crippen molar-refractivity contribution in [2.45, 2.75) is 24.9 Å². The Labute approximate surface area is 134 Å². The highest BCUT2D eigenvalue weighted by atomic mass is 16.5. The van der Waals surface area contributed by atoms with Crippen molar-refractivity contribution in [2.24, 2.45) is 0 Å². The molecule has 0 bridgehead atoms. The molecule has 23 heavy (non-hydrogen) atoms. The molecule has 0 saturated carbocycles. The molecule has 2 aliphatic rings. The normalized spacial score (nSPS) is 20.8. The number of carbonyl (C=O) groups excluding carboxylic acids is 1. The summed E-state index contributed by atoms with van der Waals surface area (Å²) in [6.07, 6.45) is 3.76. The number of piperidine rings is 1. The van der Waals surface area contributed by atoms with Crippen molar-refractivity contribution in [2.75, 3.05) is 19.7 Å². The second kappa shape index (κ2) is 6.00. The summed E-state index contributed by atoms with van der Waals surface area (Å²) in [7, 11) is 0. The number of rotatable bonds is 3. The Bertz CT molecular complexity index is 708. The third-order valence-corrected chi connectivity index (χ3v) is 4.43. The van der Waals surface area contributed by atoms with Gasteiger partial charge in [0.2, 0.25) is 0 Å². The molecule has 4 rings (SSSR count). The van der Waals surface area contributed by atoms with Gasteiger partial charge in [-0.1, -0.05) is 23.4 Å². The number of nitrogens with one attached hydrogen (secondary N) is 2. The molecular formula is C16H19N5O2. The molecule has 1 amide bonds. The number of benzene rings is 1. The van der Waals surface area contributed by atoms with E-state index in [1.807, 2.05) is 28.9 Å². The van der Waals surface area contributed by atoms with Crippen molar-refractivity contribution in [3.63, 3.8) is 0 Å². The van der Waals surface area contributed by atoms with Gasteiger partial charge < -0.3 is 15.4 Å². The molecule has 1 aromatic carbocycles. The number of hydrogen-bond acceptors (Lipinski definition) is 5. The summed E-state index contributed by atoms with van der Waals surface area (Å²) in [6, 6.07) is 7.94. The molecule has 1 aromatic heterocycles. The van der Waals surface area contributed by atoms with Crippen LogP contribution in [0.1, 0.15) is 41.0 Å². The standard InChI is InChI=1S/C16H19N5O2/c22-16(18-14-10-23-15-4-2-1-3-12(14)15)13-9-21(20-19-13)11-5-7-17-8-6-11/h1-4,9,11,14,17H,5-8,10H2,(H,18,22).